The van der Waals surface area contributed by atoms with Gasteiger partial charge < -0.3 is 10.2 Å². The van der Waals surface area contributed by atoms with Crippen LogP contribution in [0.4, 0.5) is 5.82 Å². The van der Waals surface area contributed by atoms with E-state index in [-0.39, 0.29) is 0 Å². The maximum absolute atomic E-state index is 6.21. The zero-order valence-corrected chi connectivity index (χ0v) is 12.5. The van der Waals surface area contributed by atoms with Crippen molar-refractivity contribution in [2.45, 2.75) is 45.6 Å². The fourth-order valence-electron chi connectivity index (χ4n) is 2.51. The molecule has 0 spiro atoms. The van der Waals surface area contributed by atoms with Crippen molar-refractivity contribution < 1.29 is 0 Å². The van der Waals surface area contributed by atoms with E-state index in [1.54, 1.807) is 6.20 Å². The molecule has 0 amide bonds. The van der Waals surface area contributed by atoms with E-state index >= 15 is 0 Å². The molecule has 3 nitrogen and oxygen atoms in total. The first-order valence-corrected chi connectivity index (χ1v) is 7.79. The summed E-state index contributed by atoms with van der Waals surface area (Å²) in [5.41, 5.74) is 1.15. The van der Waals surface area contributed by atoms with Crippen LogP contribution in [0.5, 0.6) is 0 Å². The molecule has 0 aliphatic carbocycles. The number of hydrogen-bond acceptors (Lipinski definition) is 3. The minimum Gasteiger partial charge on any atom is -0.357 e. The molecular formula is C15H24ClN3. The van der Waals surface area contributed by atoms with Gasteiger partial charge in [0.15, 0.2) is 0 Å². The fraction of sp³-hybridized carbons (Fsp3) is 0.667. The predicted octanol–water partition coefficient (Wildman–Crippen LogP) is 3.62. The van der Waals surface area contributed by atoms with Crippen LogP contribution in [0.1, 0.15) is 44.6 Å². The summed E-state index contributed by atoms with van der Waals surface area (Å²) in [7, 11) is 0. The van der Waals surface area contributed by atoms with Crippen molar-refractivity contribution in [1.82, 2.24) is 10.3 Å². The SMILES string of the molecule is CCNCc1cc(N2CCCCCCC2)ncc1Cl. The quantitative estimate of drug-likeness (QED) is 0.914. The van der Waals surface area contributed by atoms with Crippen molar-refractivity contribution in [1.29, 1.82) is 0 Å². The van der Waals surface area contributed by atoms with Crippen LogP contribution in [0, 0.1) is 0 Å². The summed E-state index contributed by atoms with van der Waals surface area (Å²) >= 11 is 6.21. The molecule has 1 aromatic rings. The highest BCUT2D eigenvalue weighted by molar-refractivity contribution is 6.31. The van der Waals surface area contributed by atoms with Gasteiger partial charge in [0, 0.05) is 25.8 Å². The molecule has 1 N–H and O–H groups in total. The van der Waals surface area contributed by atoms with E-state index in [0.717, 1.165) is 42.6 Å². The van der Waals surface area contributed by atoms with Crippen molar-refractivity contribution in [2.24, 2.45) is 0 Å². The molecule has 4 heteroatoms. The Morgan fingerprint density at radius 1 is 1.21 bits per heavy atom. The van der Waals surface area contributed by atoms with E-state index in [1.165, 1.54) is 32.1 Å². The summed E-state index contributed by atoms with van der Waals surface area (Å²) in [6.07, 6.45) is 8.40. The molecule has 0 atom stereocenters. The lowest BCUT2D eigenvalue weighted by Crippen LogP contribution is -2.28. The number of hydrogen-bond donors (Lipinski definition) is 1. The number of anilines is 1. The lowest BCUT2D eigenvalue weighted by Gasteiger charge is -2.26. The van der Waals surface area contributed by atoms with Crippen LogP contribution in [0.25, 0.3) is 0 Å². The van der Waals surface area contributed by atoms with Gasteiger partial charge in [-0.3, -0.25) is 0 Å². The highest BCUT2D eigenvalue weighted by atomic mass is 35.5. The van der Waals surface area contributed by atoms with Gasteiger partial charge >= 0.3 is 0 Å². The van der Waals surface area contributed by atoms with Crippen LogP contribution in [0.3, 0.4) is 0 Å². The molecule has 2 rings (SSSR count). The molecule has 106 valence electrons. The molecule has 1 fully saturated rings. The number of pyridine rings is 1. The number of halogens is 1. The third-order valence-electron chi connectivity index (χ3n) is 3.67. The Hall–Kier alpha value is -0.800. The third-order valence-corrected chi connectivity index (χ3v) is 4.01. The van der Waals surface area contributed by atoms with Gasteiger partial charge in [0.25, 0.3) is 0 Å². The monoisotopic (exact) mass is 281 g/mol. The van der Waals surface area contributed by atoms with E-state index in [1.807, 2.05) is 0 Å². The second-order valence-corrected chi connectivity index (χ2v) is 5.58. The van der Waals surface area contributed by atoms with Gasteiger partial charge in [0.05, 0.1) is 5.02 Å². The highest BCUT2D eigenvalue weighted by Gasteiger charge is 2.12. The van der Waals surface area contributed by atoms with Crippen LogP contribution in [-0.4, -0.2) is 24.6 Å². The predicted molar refractivity (Wildman–Crippen MR) is 81.9 cm³/mol. The summed E-state index contributed by atoms with van der Waals surface area (Å²) in [5.74, 6) is 1.08. The van der Waals surface area contributed by atoms with Crippen LogP contribution in [-0.2, 0) is 6.54 Å². The van der Waals surface area contributed by atoms with E-state index in [9.17, 15) is 0 Å². The van der Waals surface area contributed by atoms with Gasteiger partial charge in [-0.25, -0.2) is 4.98 Å². The Kier molecular flexibility index (Phi) is 5.93. The first kappa shape index (κ1) is 14.6. The Morgan fingerprint density at radius 2 is 1.89 bits per heavy atom. The highest BCUT2D eigenvalue weighted by Crippen LogP contribution is 2.22. The molecule has 0 aromatic carbocycles. The number of nitrogens with one attached hydrogen (secondary N) is 1. The summed E-state index contributed by atoms with van der Waals surface area (Å²) in [5, 5.41) is 4.09. The Morgan fingerprint density at radius 3 is 2.58 bits per heavy atom. The molecule has 1 aromatic heterocycles. The van der Waals surface area contributed by atoms with Gasteiger partial charge in [0.1, 0.15) is 5.82 Å². The Labute approximate surface area is 121 Å². The summed E-state index contributed by atoms with van der Waals surface area (Å²) < 4.78 is 0. The lowest BCUT2D eigenvalue weighted by molar-refractivity contribution is 0.553. The van der Waals surface area contributed by atoms with Crippen molar-refractivity contribution in [3.8, 4) is 0 Å². The smallest absolute Gasteiger partial charge is 0.128 e. The maximum Gasteiger partial charge on any atom is 0.128 e. The molecule has 0 bridgehead atoms. The Bertz CT molecular complexity index is 387. The maximum atomic E-state index is 6.21. The average Bonchev–Trinajstić information content (AvgIpc) is 2.38. The zero-order chi connectivity index (χ0) is 13.5. The molecule has 1 saturated heterocycles. The second kappa shape index (κ2) is 7.71. The summed E-state index contributed by atoms with van der Waals surface area (Å²) in [4.78, 5) is 6.92. The van der Waals surface area contributed by atoms with Gasteiger partial charge in [-0.1, -0.05) is 37.8 Å². The van der Waals surface area contributed by atoms with Gasteiger partial charge in [-0.05, 0) is 31.0 Å². The fourth-order valence-corrected chi connectivity index (χ4v) is 2.68. The topological polar surface area (TPSA) is 28.2 Å². The normalized spacial score (nSPS) is 17.1. The first-order chi connectivity index (χ1) is 9.31. The minimum absolute atomic E-state index is 0.761. The van der Waals surface area contributed by atoms with Crippen LogP contribution in [0.15, 0.2) is 12.3 Å². The first-order valence-electron chi connectivity index (χ1n) is 7.41. The molecule has 0 unspecified atom stereocenters. The molecule has 1 aliphatic rings. The largest absolute Gasteiger partial charge is 0.357 e. The molecule has 2 heterocycles. The van der Waals surface area contributed by atoms with Gasteiger partial charge in [-0.2, -0.15) is 0 Å². The Balaban J connectivity index is 2.09. The number of rotatable bonds is 4. The van der Waals surface area contributed by atoms with E-state index in [0.29, 0.717) is 0 Å². The zero-order valence-electron chi connectivity index (χ0n) is 11.8. The van der Waals surface area contributed by atoms with Crippen molar-refractivity contribution in [3.05, 3.63) is 22.8 Å². The number of aromatic nitrogens is 1. The van der Waals surface area contributed by atoms with Crippen molar-refractivity contribution in [3.63, 3.8) is 0 Å². The van der Waals surface area contributed by atoms with Crippen molar-refractivity contribution >= 4 is 17.4 Å². The van der Waals surface area contributed by atoms with E-state index in [4.69, 9.17) is 11.6 Å². The van der Waals surface area contributed by atoms with E-state index in [2.05, 4.69) is 28.2 Å². The van der Waals surface area contributed by atoms with Crippen LogP contribution >= 0.6 is 11.6 Å². The van der Waals surface area contributed by atoms with Crippen LogP contribution < -0.4 is 10.2 Å². The molecule has 0 radical (unpaired) electrons. The second-order valence-electron chi connectivity index (χ2n) is 5.17. The molecule has 19 heavy (non-hydrogen) atoms. The van der Waals surface area contributed by atoms with E-state index < -0.39 is 0 Å². The standard InChI is InChI=1S/C15H24ClN3/c1-2-17-11-13-10-15(18-12-14(13)16)19-8-6-4-3-5-7-9-19/h10,12,17H,2-9,11H2,1H3. The molecule has 1 aliphatic heterocycles. The van der Waals surface area contributed by atoms with Crippen molar-refractivity contribution in [2.75, 3.05) is 24.5 Å². The third kappa shape index (κ3) is 4.36. The number of nitrogens with zero attached hydrogens (tertiary/aromatic N) is 2. The lowest BCUT2D eigenvalue weighted by atomic mass is 10.1. The molecular weight excluding hydrogens is 258 g/mol. The minimum atomic E-state index is 0.761. The van der Waals surface area contributed by atoms with Gasteiger partial charge in [0.2, 0.25) is 0 Å². The summed E-state index contributed by atoms with van der Waals surface area (Å²) in [6.45, 7) is 6.12. The average molecular weight is 282 g/mol. The van der Waals surface area contributed by atoms with Crippen LogP contribution in [0.2, 0.25) is 5.02 Å². The summed E-state index contributed by atoms with van der Waals surface area (Å²) in [6, 6.07) is 2.15. The van der Waals surface area contributed by atoms with Gasteiger partial charge in [-0.15, -0.1) is 0 Å². The molecule has 0 saturated carbocycles.